The molecule has 4 heteroatoms. The molecule has 0 aromatic heterocycles. The monoisotopic (exact) mass is 734 g/mol. The fourth-order valence-electron chi connectivity index (χ4n) is 7.66. The number of rotatable bonds is 45. The molecule has 0 radical (unpaired) electrons. The Labute approximate surface area is 327 Å². The lowest BCUT2D eigenvalue weighted by molar-refractivity contribution is -0.121. The van der Waals surface area contributed by atoms with Crippen LogP contribution in [0.15, 0.2) is 0 Å². The number of unbranched alkanes of at least 4 members (excludes halogenated alkanes) is 35. The molecule has 310 valence electrons. The standard InChI is InChI=1S/C48H95NO3/c1-3-5-7-9-11-13-15-16-18-23-27-31-35-39-43-47(51)45-49-48(52)44-40-36-32-28-24-20-17-19-22-26-30-34-38-42-46(50)41-37-33-29-25-21-14-12-10-8-6-4-2/h47,51H,3-45H2,1-2H3,(H,49,52). The SMILES string of the molecule is CCCCCCCCCCCCCCCCC(O)CNC(=O)CCCCCCCCCCCCCCCC(=O)CCCCCCCCCCCCC. The minimum absolute atomic E-state index is 0.103. The zero-order chi connectivity index (χ0) is 37.8. The molecular weight excluding hydrogens is 639 g/mol. The van der Waals surface area contributed by atoms with Gasteiger partial charge in [-0.3, -0.25) is 9.59 Å². The van der Waals surface area contributed by atoms with E-state index in [1.807, 2.05) is 0 Å². The molecule has 0 rings (SSSR count). The Morgan fingerprint density at radius 2 is 0.615 bits per heavy atom. The Hall–Kier alpha value is -0.900. The summed E-state index contributed by atoms with van der Waals surface area (Å²) < 4.78 is 0. The molecule has 0 aliphatic heterocycles. The number of aliphatic hydroxyl groups is 1. The van der Waals surface area contributed by atoms with Gasteiger partial charge in [-0.05, 0) is 25.7 Å². The van der Waals surface area contributed by atoms with Crippen molar-refractivity contribution in [1.29, 1.82) is 0 Å². The fourth-order valence-corrected chi connectivity index (χ4v) is 7.66. The van der Waals surface area contributed by atoms with Gasteiger partial charge in [0.05, 0.1) is 6.10 Å². The molecule has 0 spiro atoms. The minimum atomic E-state index is -0.397. The lowest BCUT2D eigenvalue weighted by Crippen LogP contribution is -2.31. The van der Waals surface area contributed by atoms with Crippen LogP contribution in [0.3, 0.4) is 0 Å². The van der Waals surface area contributed by atoms with Crippen molar-refractivity contribution in [1.82, 2.24) is 5.32 Å². The van der Waals surface area contributed by atoms with Crippen LogP contribution in [0.2, 0.25) is 0 Å². The van der Waals surface area contributed by atoms with Crippen LogP contribution in [0.1, 0.15) is 284 Å². The molecule has 0 aliphatic carbocycles. The van der Waals surface area contributed by atoms with Crippen molar-refractivity contribution in [2.24, 2.45) is 0 Å². The van der Waals surface area contributed by atoms with Crippen molar-refractivity contribution < 1.29 is 14.7 Å². The van der Waals surface area contributed by atoms with Crippen LogP contribution < -0.4 is 5.32 Å². The maximum atomic E-state index is 12.2. The van der Waals surface area contributed by atoms with E-state index in [4.69, 9.17) is 0 Å². The second-order valence-corrected chi connectivity index (χ2v) is 16.8. The van der Waals surface area contributed by atoms with Gasteiger partial charge in [-0.2, -0.15) is 0 Å². The number of nitrogens with one attached hydrogen (secondary N) is 1. The number of carbonyl (C=O) groups is 2. The van der Waals surface area contributed by atoms with Crippen molar-refractivity contribution in [2.45, 2.75) is 290 Å². The van der Waals surface area contributed by atoms with Crippen molar-refractivity contribution in [3.8, 4) is 0 Å². The highest BCUT2D eigenvalue weighted by atomic mass is 16.3. The maximum absolute atomic E-state index is 12.2. The lowest BCUT2D eigenvalue weighted by Gasteiger charge is -2.12. The summed E-state index contributed by atoms with van der Waals surface area (Å²) in [5.74, 6) is 0.603. The van der Waals surface area contributed by atoms with E-state index in [9.17, 15) is 14.7 Å². The van der Waals surface area contributed by atoms with Crippen LogP contribution in [0.4, 0.5) is 0 Å². The number of aliphatic hydroxyl groups excluding tert-OH is 1. The Balaban J connectivity index is 3.29. The van der Waals surface area contributed by atoms with E-state index < -0.39 is 6.10 Å². The number of Topliss-reactive ketones (excluding diaryl/α,β-unsaturated/α-hetero) is 1. The first-order valence-corrected chi connectivity index (χ1v) is 24.1. The average molecular weight is 734 g/mol. The molecule has 1 unspecified atom stereocenters. The Bertz CT molecular complexity index is 710. The number of ketones is 1. The van der Waals surface area contributed by atoms with E-state index in [0.717, 1.165) is 51.4 Å². The molecule has 0 aromatic carbocycles. The second kappa shape index (κ2) is 44.5. The third-order valence-corrected chi connectivity index (χ3v) is 11.3. The summed E-state index contributed by atoms with van der Waals surface area (Å²) in [6, 6.07) is 0. The van der Waals surface area contributed by atoms with Gasteiger partial charge in [0, 0.05) is 25.8 Å². The van der Waals surface area contributed by atoms with Crippen molar-refractivity contribution in [2.75, 3.05) is 6.54 Å². The van der Waals surface area contributed by atoms with Crippen LogP contribution in [-0.2, 0) is 9.59 Å². The van der Waals surface area contributed by atoms with Crippen LogP contribution in [0, 0.1) is 0 Å². The van der Waals surface area contributed by atoms with Gasteiger partial charge in [0.15, 0.2) is 0 Å². The van der Waals surface area contributed by atoms with E-state index in [1.165, 1.54) is 212 Å². The molecule has 0 saturated heterocycles. The van der Waals surface area contributed by atoms with E-state index in [1.54, 1.807) is 0 Å². The van der Waals surface area contributed by atoms with Crippen LogP contribution in [0.5, 0.6) is 0 Å². The van der Waals surface area contributed by atoms with Gasteiger partial charge in [-0.25, -0.2) is 0 Å². The summed E-state index contributed by atoms with van der Waals surface area (Å²) in [5.41, 5.74) is 0. The molecule has 0 fully saturated rings. The van der Waals surface area contributed by atoms with Gasteiger partial charge in [-0.1, -0.05) is 239 Å². The Kier molecular flexibility index (Phi) is 43.7. The summed E-state index contributed by atoms with van der Waals surface area (Å²) in [6.45, 7) is 4.97. The molecule has 52 heavy (non-hydrogen) atoms. The molecule has 0 saturated carbocycles. The summed E-state index contributed by atoms with van der Waals surface area (Å²) in [4.78, 5) is 24.3. The van der Waals surface area contributed by atoms with E-state index in [0.29, 0.717) is 18.7 Å². The molecule has 2 N–H and O–H groups in total. The first-order valence-electron chi connectivity index (χ1n) is 24.1. The third kappa shape index (κ3) is 43.5. The van der Waals surface area contributed by atoms with Gasteiger partial charge in [0.25, 0.3) is 0 Å². The van der Waals surface area contributed by atoms with Gasteiger partial charge >= 0.3 is 0 Å². The quantitative estimate of drug-likeness (QED) is 0.0612. The van der Waals surface area contributed by atoms with Crippen LogP contribution >= 0.6 is 0 Å². The first-order chi connectivity index (χ1) is 25.6. The zero-order valence-corrected chi connectivity index (χ0v) is 35.7. The van der Waals surface area contributed by atoms with E-state index >= 15 is 0 Å². The number of hydrogen-bond acceptors (Lipinski definition) is 3. The summed E-state index contributed by atoms with van der Waals surface area (Å²) in [5, 5.41) is 13.2. The molecular formula is C48H95NO3. The van der Waals surface area contributed by atoms with Gasteiger partial charge in [0.2, 0.25) is 5.91 Å². The number of carbonyl (C=O) groups excluding carboxylic acids is 2. The van der Waals surface area contributed by atoms with E-state index in [2.05, 4.69) is 19.2 Å². The molecule has 4 nitrogen and oxygen atoms in total. The highest BCUT2D eigenvalue weighted by Gasteiger charge is 2.07. The fraction of sp³-hybridized carbons (Fsp3) is 0.958. The molecule has 0 aromatic rings. The largest absolute Gasteiger partial charge is 0.391 e. The van der Waals surface area contributed by atoms with Crippen molar-refractivity contribution in [3.05, 3.63) is 0 Å². The minimum Gasteiger partial charge on any atom is -0.391 e. The Morgan fingerprint density at radius 3 is 0.923 bits per heavy atom. The molecule has 1 atom stereocenters. The molecule has 0 bridgehead atoms. The molecule has 1 amide bonds. The average Bonchev–Trinajstić information content (AvgIpc) is 3.14. The van der Waals surface area contributed by atoms with Crippen molar-refractivity contribution >= 4 is 11.7 Å². The van der Waals surface area contributed by atoms with Gasteiger partial charge < -0.3 is 10.4 Å². The molecule has 0 heterocycles. The third-order valence-electron chi connectivity index (χ3n) is 11.3. The first kappa shape index (κ1) is 51.1. The van der Waals surface area contributed by atoms with Crippen LogP contribution in [0.25, 0.3) is 0 Å². The highest BCUT2D eigenvalue weighted by Crippen LogP contribution is 2.17. The van der Waals surface area contributed by atoms with Crippen molar-refractivity contribution in [3.63, 3.8) is 0 Å². The molecule has 0 aliphatic rings. The van der Waals surface area contributed by atoms with Gasteiger partial charge in [0.1, 0.15) is 5.78 Å². The number of hydrogen-bond donors (Lipinski definition) is 2. The predicted molar refractivity (Wildman–Crippen MR) is 229 cm³/mol. The summed E-state index contributed by atoms with van der Waals surface area (Å²) in [6.07, 6.45) is 52.6. The second-order valence-electron chi connectivity index (χ2n) is 16.8. The highest BCUT2D eigenvalue weighted by molar-refractivity contribution is 5.78. The zero-order valence-electron chi connectivity index (χ0n) is 35.7. The summed E-state index contributed by atoms with van der Waals surface area (Å²) in [7, 11) is 0. The van der Waals surface area contributed by atoms with Gasteiger partial charge in [-0.15, -0.1) is 0 Å². The topological polar surface area (TPSA) is 66.4 Å². The lowest BCUT2D eigenvalue weighted by atomic mass is 10.0. The number of amides is 1. The smallest absolute Gasteiger partial charge is 0.220 e. The maximum Gasteiger partial charge on any atom is 0.220 e. The predicted octanol–water partition coefficient (Wildman–Crippen LogP) is 15.5. The van der Waals surface area contributed by atoms with E-state index in [-0.39, 0.29) is 5.91 Å². The normalized spacial score (nSPS) is 12.1. The van der Waals surface area contributed by atoms with Crippen LogP contribution in [-0.4, -0.2) is 29.4 Å². The Morgan fingerprint density at radius 1 is 0.365 bits per heavy atom. The summed E-state index contributed by atoms with van der Waals surface area (Å²) >= 11 is 0.